The number of fused-ring (bicyclic) bond motifs is 1. The summed E-state index contributed by atoms with van der Waals surface area (Å²) in [6.45, 7) is 3.74. The first-order valence-electron chi connectivity index (χ1n) is 6.59. The predicted molar refractivity (Wildman–Crippen MR) is 79.5 cm³/mol. The van der Waals surface area contributed by atoms with Gasteiger partial charge in [0.2, 0.25) is 11.7 Å². The number of amides is 1. The highest BCUT2D eigenvalue weighted by molar-refractivity contribution is 6.06. The minimum absolute atomic E-state index is 0.0281. The molecule has 22 heavy (non-hydrogen) atoms. The number of tetrazole rings is 1. The first-order chi connectivity index (χ1) is 10.5. The van der Waals surface area contributed by atoms with Crippen LogP contribution in [0.25, 0.3) is 5.57 Å². The van der Waals surface area contributed by atoms with Gasteiger partial charge in [0.05, 0.1) is 5.41 Å². The summed E-state index contributed by atoms with van der Waals surface area (Å²) in [5.74, 6) is 0.188. The Kier molecular flexibility index (Phi) is 3.10. The van der Waals surface area contributed by atoms with Crippen LogP contribution in [0, 0.1) is 11.3 Å². The van der Waals surface area contributed by atoms with E-state index in [1.807, 2.05) is 38.1 Å². The normalized spacial score (nSPS) is 15.9. The number of anilines is 2. The maximum Gasteiger partial charge on any atom is 0.234 e. The molecule has 0 atom stereocenters. The standard InChI is InChI=1S/C14H13N7O/c1-14(2)10-5-9(3-4-11(10)17-13(14)22)16-7-8(6-15)12-18-20-21-19-12/h3-5,7,16H,1-2H3,(H,17,22)(H,18,19,20,21). The van der Waals surface area contributed by atoms with Crippen molar-refractivity contribution in [2.75, 3.05) is 10.6 Å². The van der Waals surface area contributed by atoms with Crippen LogP contribution in [0.2, 0.25) is 0 Å². The Bertz CT molecular complexity index is 799. The fraction of sp³-hybridized carbons (Fsp3) is 0.214. The van der Waals surface area contributed by atoms with Crippen LogP contribution in [0.3, 0.4) is 0 Å². The third-order valence-electron chi connectivity index (χ3n) is 3.60. The lowest BCUT2D eigenvalue weighted by atomic mass is 9.86. The highest BCUT2D eigenvalue weighted by Crippen LogP contribution is 2.38. The molecule has 0 bridgehead atoms. The number of allylic oxidation sites excluding steroid dienone is 1. The Morgan fingerprint density at radius 1 is 1.45 bits per heavy atom. The number of rotatable bonds is 3. The molecule has 0 radical (unpaired) electrons. The van der Waals surface area contributed by atoms with E-state index in [-0.39, 0.29) is 17.3 Å². The van der Waals surface area contributed by atoms with Gasteiger partial charge in [0.15, 0.2) is 0 Å². The van der Waals surface area contributed by atoms with Gasteiger partial charge >= 0.3 is 0 Å². The highest BCUT2D eigenvalue weighted by Gasteiger charge is 2.38. The summed E-state index contributed by atoms with van der Waals surface area (Å²) in [7, 11) is 0. The Morgan fingerprint density at radius 3 is 2.95 bits per heavy atom. The van der Waals surface area contributed by atoms with Crippen molar-refractivity contribution in [1.29, 1.82) is 5.26 Å². The topological polar surface area (TPSA) is 119 Å². The fourth-order valence-electron chi connectivity index (χ4n) is 2.24. The molecule has 1 aromatic carbocycles. The van der Waals surface area contributed by atoms with E-state index in [0.29, 0.717) is 0 Å². The van der Waals surface area contributed by atoms with Gasteiger partial charge in [-0.2, -0.15) is 10.5 Å². The third-order valence-corrected chi connectivity index (χ3v) is 3.60. The summed E-state index contributed by atoms with van der Waals surface area (Å²) in [5.41, 5.74) is 2.15. The van der Waals surface area contributed by atoms with E-state index in [1.54, 1.807) is 0 Å². The number of nitrogens with one attached hydrogen (secondary N) is 3. The lowest BCUT2D eigenvalue weighted by Crippen LogP contribution is -2.26. The molecule has 0 saturated carbocycles. The van der Waals surface area contributed by atoms with Crippen molar-refractivity contribution < 1.29 is 4.79 Å². The van der Waals surface area contributed by atoms with Crippen LogP contribution >= 0.6 is 0 Å². The Balaban J connectivity index is 1.88. The van der Waals surface area contributed by atoms with E-state index in [4.69, 9.17) is 5.26 Å². The number of H-pyrrole nitrogens is 1. The molecule has 3 rings (SSSR count). The van der Waals surface area contributed by atoms with Crippen LogP contribution in [-0.2, 0) is 10.2 Å². The number of aromatic amines is 1. The van der Waals surface area contributed by atoms with Gasteiger partial charge in [0, 0.05) is 17.6 Å². The smallest absolute Gasteiger partial charge is 0.234 e. The van der Waals surface area contributed by atoms with E-state index in [1.165, 1.54) is 6.20 Å². The second-order valence-electron chi connectivity index (χ2n) is 5.39. The molecule has 0 spiro atoms. The number of carbonyl (C=O) groups is 1. The molecule has 2 heterocycles. The molecule has 0 saturated heterocycles. The molecule has 110 valence electrons. The van der Waals surface area contributed by atoms with E-state index in [2.05, 4.69) is 31.3 Å². The molecule has 0 fully saturated rings. The SMILES string of the molecule is CC1(C)C(=O)Nc2ccc(NC=C(C#N)c3nn[nH]n3)cc21. The van der Waals surface area contributed by atoms with Gasteiger partial charge in [0.25, 0.3) is 0 Å². The first-order valence-corrected chi connectivity index (χ1v) is 6.59. The second-order valence-corrected chi connectivity index (χ2v) is 5.39. The molecule has 0 unspecified atom stereocenters. The molecule has 8 nitrogen and oxygen atoms in total. The average molecular weight is 295 g/mol. The molecule has 3 N–H and O–H groups in total. The lowest BCUT2D eigenvalue weighted by molar-refractivity contribution is -0.119. The summed E-state index contributed by atoms with van der Waals surface area (Å²) >= 11 is 0. The lowest BCUT2D eigenvalue weighted by Gasteiger charge is -2.15. The number of nitrogens with zero attached hydrogens (tertiary/aromatic N) is 4. The van der Waals surface area contributed by atoms with Crippen LogP contribution < -0.4 is 10.6 Å². The Morgan fingerprint density at radius 2 is 2.27 bits per heavy atom. The van der Waals surface area contributed by atoms with Crippen molar-refractivity contribution in [1.82, 2.24) is 20.6 Å². The zero-order chi connectivity index (χ0) is 15.7. The van der Waals surface area contributed by atoms with Gasteiger partial charge in [0.1, 0.15) is 11.6 Å². The maximum atomic E-state index is 11.9. The van der Waals surface area contributed by atoms with Crippen LogP contribution in [0.15, 0.2) is 24.4 Å². The van der Waals surface area contributed by atoms with Crippen molar-refractivity contribution >= 4 is 22.9 Å². The minimum atomic E-state index is -0.581. The minimum Gasteiger partial charge on any atom is -0.360 e. The van der Waals surface area contributed by atoms with Crippen LogP contribution in [0.5, 0.6) is 0 Å². The number of nitriles is 1. The number of hydrogen-bond acceptors (Lipinski definition) is 6. The second kappa shape index (κ2) is 4.96. The molecule has 2 aromatic rings. The quantitative estimate of drug-likeness (QED) is 0.736. The first kappa shape index (κ1) is 13.8. The Labute approximate surface area is 126 Å². The average Bonchev–Trinajstić information content (AvgIpc) is 3.09. The molecular weight excluding hydrogens is 282 g/mol. The molecule has 1 aliphatic rings. The summed E-state index contributed by atoms with van der Waals surface area (Å²) in [5, 5.41) is 28.2. The summed E-state index contributed by atoms with van der Waals surface area (Å²) < 4.78 is 0. The van der Waals surface area contributed by atoms with Crippen LogP contribution in [0.4, 0.5) is 11.4 Å². The van der Waals surface area contributed by atoms with E-state index in [9.17, 15) is 4.79 Å². The third kappa shape index (κ3) is 2.18. The summed E-state index contributed by atoms with van der Waals surface area (Å²) in [6.07, 6.45) is 1.50. The van der Waals surface area contributed by atoms with Crippen molar-refractivity contribution in [3.05, 3.63) is 35.8 Å². The maximum absolute atomic E-state index is 11.9. The van der Waals surface area contributed by atoms with E-state index >= 15 is 0 Å². The van der Waals surface area contributed by atoms with Crippen LogP contribution in [0.1, 0.15) is 25.2 Å². The van der Waals surface area contributed by atoms with Crippen molar-refractivity contribution in [3.8, 4) is 6.07 Å². The molecular formula is C14H13N7O. The van der Waals surface area contributed by atoms with E-state index in [0.717, 1.165) is 16.9 Å². The zero-order valence-corrected chi connectivity index (χ0v) is 12.0. The molecule has 1 amide bonds. The highest BCUT2D eigenvalue weighted by atomic mass is 16.2. The zero-order valence-electron chi connectivity index (χ0n) is 12.0. The van der Waals surface area contributed by atoms with Crippen LogP contribution in [-0.4, -0.2) is 26.5 Å². The van der Waals surface area contributed by atoms with Crippen molar-refractivity contribution in [2.24, 2.45) is 0 Å². The van der Waals surface area contributed by atoms with Crippen molar-refractivity contribution in [2.45, 2.75) is 19.3 Å². The number of aromatic nitrogens is 4. The van der Waals surface area contributed by atoms with Gasteiger partial charge in [-0.05, 0) is 42.8 Å². The Hall–Kier alpha value is -3.21. The molecule has 0 aliphatic carbocycles. The molecule has 8 heteroatoms. The summed E-state index contributed by atoms with van der Waals surface area (Å²) in [6, 6.07) is 7.53. The molecule has 1 aromatic heterocycles. The van der Waals surface area contributed by atoms with E-state index < -0.39 is 5.41 Å². The fourth-order valence-corrected chi connectivity index (χ4v) is 2.24. The van der Waals surface area contributed by atoms with Gasteiger partial charge in [-0.15, -0.1) is 10.2 Å². The molecule has 1 aliphatic heterocycles. The summed E-state index contributed by atoms with van der Waals surface area (Å²) in [4.78, 5) is 11.9. The number of hydrogen-bond donors (Lipinski definition) is 3. The number of carbonyl (C=O) groups excluding carboxylic acids is 1. The van der Waals surface area contributed by atoms with Gasteiger partial charge in [-0.1, -0.05) is 0 Å². The largest absolute Gasteiger partial charge is 0.360 e. The van der Waals surface area contributed by atoms with Gasteiger partial charge in [-0.3, -0.25) is 4.79 Å². The van der Waals surface area contributed by atoms with Gasteiger partial charge in [-0.25, -0.2) is 0 Å². The predicted octanol–water partition coefficient (Wildman–Crippen LogP) is 1.41. The van der Waals surface area contributed by atoms with Gasteiger partial charge < -0.3 is 10.6 Å². The van der Waals surface area contributed by atoms with Crippen molar-refractivity contribution in [3.63, 3.8) is 0 Å². The monoisotopic (exact) mass is 295 g/mol. The number of benzene rings is 1.